The first kappa shape index (κ1) is 13.4. The van der Waals surface area contributed by atoms with Crippen molar-refractivity contribution in [2.75, 3.05) is 20.3 Å². The SMILES string of the molecule is COc1cccc(OCC(=O)NCC(C)C)c1. The second kappa shape index (κ2) is 6.78. The van der Waals surface area contributed by atoms with Crippen LogP contribution < -0.4 is 14.8 Å². The van der Waals surface area contributed by atoms with Gasteiger partial charge in [0.2, 0.25) is 0 Å². The number of amides is 1. The topological polar surface area (TPSA) is 47.6 Å². The minimum Gasteiger partial charge on any atom is -0.497 e. The zero-order chi connectivity index (χ0) is 12.7. The van der Waals surface area contributed by atoms with Gasteiger partial charge >= 0.3 is 0 Å². The van der Waals surface area contributed by atoms with Crippen LogP contribution in [0.15, 0.2) is 24.3 Å². The fraction of sp³-hybridized carbons (Fsp3) is 0.462. The summed E-state index contributed by atoms with van der Waals surface area (Å²) in [5.41, 5.74) is 0. The number of methoxy groups -OCH3 is 1. The lowest BCUT2D eigenvalue weighted by Gasteiger charge is -2.09. The van der Waals surface area contributed by atoms with Gasteiger partial charge in [-0.3, -0.25) is 4.79 Å². The van der Waals surface area contributed by atoms with E-state index in [2.05, 4.69) is 5.32 Å². The second-order valence-electron chi connectivity index (χ2n) is 4.17. The molecule has 4 nitrogen and oxygen atoms in total. The van der Waals surface area contributed by atoms with E-state index in [1.807, 2.05) is 26.0 Å². The summed E-state index contributed by atoms with van der Waals surface area (Å²) < 4.78 is 10.4. The van der Waals surface area contributed by atoms with Gasteiger partial charge in [-0.1, -0.05) is 19.9 Å². The molecule has 0 saturated heterocycles. The van der Waals surface area contributed by atoms with Gasteiger partial charge in [0.05, 0.1) is 7.11 Å². The zero-order valence-corrected chi connectivity index (χ0v) is 10.5. The highest BCUT2D eigenvalue weighted by atomic mass is 16.5. The lowest BCUT2D eigenvalue weighted by atomic mass is 10.2. The molecule has 0 saturated carbocycles. The van der Waals surface area contributed by atoms with Crippen LogP contribution in [-0.4, -0.2) is 26.2 Å². The molecule has 0 aliphatic heterocycles. The Morgan fingerprint density at radius 2 is 2.06 bits per heavy atom. The van der Waals surface area contributed by atoms with Crippen LogP contribution >= 0.6 is 0 Å². The van der Waals surface area contributed by atoms with E-state index in [1.54, 1.807) is 19.2 Å². The third kappa shape index (κ3) is 5.24. The molecule has 17 heavy (non-hydrogen) atoms. The van der Waals surface area contributed by atoms with Gasteiger partial charge in [-0.25, -0.2) is 0 Å². The summed E-state index contributed by atoms with van der Waals surface area (Å²) in [4.78, 5) is 11.4. The number of nitrogens with one attached hydrogen (secondary N) is 1. The van der Waals surface area contributed by atoms with Crippen LogP contribution in [0.5, 0.6) is 11.5 Å². The molecule has 1 N–H and O–H groups in total. The Hall–Kier alpha value is -1.71. The number of benzene rings is 1. The van der Waals surface area contributed by atoms with Crippen LogP contribution in [-0.2, 0) is 4.79 Å². The predicted octanol–water partition coefficient (Wildman–Crippen LogP) is 1.85. The molecule has 0 heterocycles. The van der Waals surface area contributed by atoms with Gasteiger partial charge in [0.25, 0.3) is 5.91 Å². The average molecular weight is 237 g/mol. The van der Waals surface area contributed by atoms with E-state index < -0.39 is 0 Å². The number of ether oxygens (including phenoxy) is 2. The molecule has 0 fully saturated rings. The first-order valence-electron chi connectivity index (χ1n) is 5.65. The molecule has 0 radical (unpaired) electrons. The molecule has 0 atom stereocenters. The van der Waals surface area contributed by atoms with Crippen molar-refractivity contribution in [3.63, 3.8) is 0 Å². The molecule has 0 bridgehead atoms. The molecule has 0 aliphatic carbocycles. The molecular weight excluding hydrogens is 218 g/mol. The Morgan fingerprint density at radius 3 is 2.71 bits per heavy atom. The molecule has 0 unspecified atom stereocenters. The maximum absolute atomic E-state index is 11.4. The predicted molar refractivity (Wildman–Crippen MR) is 66.3 cm³/mol. The summed E-state index contributed by atoms with van der Waals surface area (Å²) in [7, 11) is 1.59. The Labute approximate surface area is 102 Å². The third-order valence-electron chi connectivity index (χ3n) is 2.12. The van der Waals surface area contributed by atoms with Gasteiger partial charge in [-0.2, -0.15) is 0 Å². The third-order valence-corrected chi connectivity index (χ3v) is 2.12. The average Bonchev–Trinajstić information content (AvgIpc) is 2.34. The molecule has 0 aromatic heterocycles. The summed E-state index contributed by atoms with van der Waals surface area (Å²) >= 11 is 0. The number of hydrogen-bond donors (Lipinski definition) is 1. The van der Waals surface area contributed by atoms with Crippen molar-refractivity contribution in [1.82, 2.24) is 5.32 Å². The molecule has 94 valence electrons. The van der Waals surface area contributed by atoms with Crippen LogP contribution in [0.25, 0.3) is 0 Å². The van der Waals surface area contributed by atoms with Crippen molar-refractivity contribution in [2.24, 2.45) is 5.92 Å². The van der Waals surface area contributed by atoms with E-state index in [1.165, 1.54) is 0 Å². The van der Waals surface area contributed by atoms with Crippen molar-refractivity contribution in [3.05, 3.63) is 24.3 Å². The smallest absolute Gasteiger partial charge is 0.257 e. The maximum atomic E-state index is 11.4. The zero-order valence-electron chi connectivity index (χ0n) is 10.5. The first-order valence-corrected chi connectivity index (χ1v) is 5.65. The molecule has 1 aromatic carbocycles. The normalized spacial score (nSPS) is 10.1. The Bertz CT molecular complexity index is 363. The van der Waals surface area contributed by atoms with E-state index >= 15 is 0 Å². The minimum atomic E-state index is -0.110. The molecule has 0 aliphatic rings. The maximum Gasteiger partial charge on any atom is 0.257 e. The minimum absolute atomic E-state index is 0.0277. The highest BCUT2D eigenvalue weighted by Gasteiger charge is 2.04. The molecule has 4 heteroatoms. The van der Waals surface area contributed by atoms with E-state index in [-0.39, 0.29) is 12.5 Å². The van der Waals surface area contributed by atoms with Gasteiger partial charge in [0, 0.05) is 12.6 Å². The van der Waals surface area contributed by atoms with Crippen LogP contribution in [0.4, 0.5) is 0 Å². The van der Waals surface area contributed by atoms with Crippen molar-refractivity contribution >= 4 is 5.91 Å². The summed E-state index contributed by atoms with van der Waals surface area (Å²) in [5.74, 6) is 1.67. The molecule has 1 amide bonds. The van der Waals surface area contributed by atoms with Gasteiger partial charge in [0.15, 0.2) is 6.61 Å². The lowest BCUT2D eigenvalue weighted by molar-refractivity contribution is -0.123. The summed E-state index contributed by atoms with van der Waals surface area (Å²) in [6.07, 6.45) is 0. The molecular formula is C13H19NO3. The van der Waals surface area contributed by atoms with Crippen LogP contribution in [0.2, 0.25) is 0 Å². The lowest BCUT2D eigenvalue weighted by Crippen LogP contribution is -2.31. The molecule has 0 spiro atoms. The summed E-state index contributed by atoms with van der Waals surface area (Å²) in [6, 6.07) is 7.18. The fourth-order valence-corrected chi connectivity index (χ4v) is 1.21. The number of hydrogen-bond acceptors (Lipinski definition) is 3. The molecule has 1 rings (SSSR count). The second-order valence-corrected chi connectivity index (χ2v) is 4.17. The Morgan fingerprint density at radius 1 is 1.35 bits per heavy atom. The van der Waals surface area contributed by atoms with Crippen LogP contribution in [0.1, 0.15) is 13.8 Å². The van der Waals surface area contributed by atoms with Crippen molar-refractivity contribution in [3.8, 4) is 11.5 Å². The van der Waals surface area contributed by atoms with Crippen LogP contribution in [0.3, 0.4) is 0 Å². The monoisotopic (exact) mass is 237 g/mol. The van der Waals surface area contributed by atoms with Gasteiger partial charge in [-0.05, 0) is 18.1 Å². The fourth-order valence-electron chi connectivity index (χ4n) is 1.21. The van der Waals surface area contributed by atoms with Crippen molar-refractivity contribution in [2.45, 2.75) is 13.8 Å². The van der Waals surface area contributed by atoms with Crippen molar-refractivity contribution < 1.29 is 14.3 Å². The first-order chi connectivity index (χ1) is 8.11. The van der Waals surface area contributed by atoms with E-state index in [0.717, 1.165) is 0 Å². The Balaban J connectivity index is 2.36. The van der Waals surface area contributed by atoms with E-state index in [4.69, 9.17) is 9.47 Å². The quantitative estimate of drug-likeness (QED) is 0.821. The highest BCUT2D eigenvalue weighted by molar-refractivity contribution is 5.77. The Kier molecular flexibility index (Phi) is 5.33. The largest absolute Gasteiger partial charge is 0.497 e. The van der Waals surface area contributed by atoms with Crippen molar-refractivity contribution in [1.29, 1.82) is 0 Å². The standard InChI is InChI=1S/C13H19NO3/c1-10(2)8-14-13(15)9-17-12-6-4-5-11(7-12)16-3/h4-7,10H,8-9H2,1-3H3,(H,14,15). The number of carbonyl (C=O) groups is 1. The summed E-state index contributed by atoms with van der Waals surface area (Å²) in [5, 5.41) is 2.79. The summed E-state index contributed by atoms with van der Waals surface area (Å²) in [6.45, 7) is 4.78. The molecule has 1 aromatic rings. The number of carbonyl (C=O) groups excluding carboxylic acids is 1. The van der Waals surface area contributed by atoms with E-state index in [9.17, 15) is 4.79 Å². The van der Waals surface area contributed by atoms with Crippen LogP contribution in [0, 0.1) is 5.92 Å². The number of rotatable bonds is 6. The highest BCUT2D eigenvalue weighted by Crippen LogP contribution is 2.18. The van der Waals surface area contributed by atoms with Gasteiger partial charge in [0.1, 0.15) is 11.5 Å². The van der Waals surface area contributed by atoms with Gasteiger partial charge < -0.3 is 14.8 Å². The van der Waals surface area contributed by atoms with E-state index in [0.29, 0.717) is 24.0 Å². The van der Waals surface area contributed by atoms with Gasteiger partial charge in [-0.15, -0.1) is 0 Å².